The zero-order chi connectivity index (χ0) is 19.8. The molecule has 1 aliphatic heterocycles. The fourth-order valence-corrected chi connectivity index (χ4v) is 4.02. The van der Waals surface area contributed by atoms with Gasteiger partial charge in [-0.1, -0.05) is 20.8 Å². The average Bonchev–Trinajstić information content (AvgIpc) is 2.92. The third-order valence-corrected chi connectivity index (χ3v) is 5.68. The van der Waals surface area contributed by atoms with E-state index >= 15 is 0 Å². The van der Waals surface area contributed by atoms with Crippen LogP contribution in [0.15, 0.2) is 12.1 Å². The summed E-state index contributed by atoms with van der Waals surface area (Å²) in [7, 11) is 5.72. The summed E-state index contributed by atoms with van der Waals surface area (Å²) in [5.41, 5.74) is 2.44. The Morgan fingerprint density at radius 2 is 1.85 bits per heavy atom. The highest BCUT2D eigenvalue weighted by atomic mass is 32.2. The number of fused-ring (bicyclic) bond motifs is 1. The third-order valence-electron chi connectivity index (χ3n) is 4.78. The molecule has 148 valence electrons. The number of carbonyl (C=O) groups is 1. The number of hydrogen-bond acceptors (Lipinski definition) is 6. The first kappa shape index (κ1) is 20.0. The largest absolute Gasteiger partial charge is 0.494 e. The Morgan fingerprint density at radius 1 is 1.19 bits per heavy atom. The number of rotatable bonds is 3. The van der Waals surface area contributed by atoms with Crippen LogP contribution in [-0.4, -0.2) is 64.3 Å². The number of carbonyl (C=O) groups excluding carboxylic acids is 1. The molecule has 0 unspecified atom stereocenters. The van der Waals surface area contributed by atoms with E-state index in [2.05, 4.69) is 46.9 Å². The molecule has 7 nitrogen and oxygen atoms in total. The van der Waals surface area contributed by atoms with Gasteiger partial charge >= 0.3 is 0 Å². The van der Waals surface area contributed by atoms with Crippen molar-refractivity contribution in [2.24, 2.45) is 7.05 Å². The van der Waals surface area contributed by atoms with E-state index in [9.17, 15) is 4.79 Å². The molecule has 0 radical (unpaired) electrons. The summed E-state index contributed by atoms with van der Waals surface area (Å²) in [4.78, 5) is 19.6. The lowest BCUT2D eigenvalue weighted by molar-refractivity contribution is 0.232. The van der Waals surface area contributed by atoms with Crippen LogP contribution in [0.3, 0.4) is 0 Å². The van der Waals surface area contributed by atoms with Gasteiger partial charge in [-0.15, -0.1) is 0 Å². The van der Waals surface area contributed by atoms with E-state index in [1.165, 1.54) is 11.9 Å². The molecule has 0 spiro atoms. The zero-order valence-electron chi connectivity index (χ0n) is 17.0. The molecule has 1 aromatic carbocycles. The fourth-order valence-electron chi connectivity index (χ4n) is 3.29. The third kappa shape index (κ3) is 4.39. The van der Waals surface area contributed by atoms with Gasteiger partial charge in [0.05, 0.1) is 23.8 Å². The standard InChI is InChI=1S/C19H29N5O2S/c1-19(2,3)17-20-13-12-16(26-6)14(11-15(13)23(17)5)21-18(25)27-24-9-7-22(4)8-10-24/h11-12H,7-10H2,1-6H3,(H,21,25). The van der Waals surface area contributed by atoms with Crippen molar-refractivity contribution < 1.29 is 9.53 Å². The van der Waals surface area contributed by atoms with Crippen LogP contribution >= 0.6 is 11.9 Å². The van der Waals surface area contributed by atoms with Crippen molar-refractivity contribution in [3.63, 3.8) is 0 Å². The minimum Gasteiger partial charge on any atom is -0.494 e. The van der Waals surface area contributed by atoms with Crippen LogP contribution < -0.4 is 10.1 Å². The van der Waals surface area contributed by atoms with Crippen LogP contribution in [-0.2, 0) is 12.5 Å². The summed E-state index contributed by atoms with van der Waals surface area (Å²) in [6, 6.07) is 3.83. The van der Waals surface area contributed by atoms with Crippen LogP contribution in [0.2, 0.25) is 0 Å². The van der Waals surface area contributed by atoms with Crippen LogP contribution in [0, 0.1) is 0 Å². The number of imidazole rings is 1. The van der Waals surface area contributed by atoms with Crippen LogP contribution in [0.5, 0.6) is 5.75 Å². The number of aromatic nitrogens is 2. The molecule has 27 heavy (non-hydrogen) atoms. The van der Waals surface area contributed by atoms with Crippen molar-refractivity contribution in [2.75, 3.05) is 45.7 Å². The molecule has 1 fully saturated rings. The Kier molecular flexibility index (Phi) is 5.69. The van der Waals surface area contributed by atoms with Gasteiger partial charge in [-0.05, 0) is 13.1 Å². The van der Waals surface area contributed by atoms with Crippen molar-refractivity contribution in [2.45, 2.75) is 26.2 Å². The molecule has 0 saturated carbocycles. The minimum absolute atomic E-state index is 0.0678. The summed E-state index contributed by atoms with van der Waals surface area (Å²) in [5.74, 6) is 1.61. The highest BCUT2D eigenvalue weighted by Gasteiger charge is 2.23. The second-order valence-electron chi connectivity index (χ2n) is 8.02. The number of anilines is 1. The van der Waals surface area contributed by atoms with Crippen LogP contribution in [0.25, 0.3) is 11.0 Å². The van der Waals surface area contributed by atoms with Gasteiger partial charge in [0.15, 0.2) is 0 Å². The molecule has 0 bridgehead atoms. The highest BCUT2D eigenvalue weighted by Crippen LogP contribution is 2.33. The second-order valence-corrected chi connectivity index (χ2v) is 9.09. The number of piperazine rings is 1. The predicted octanol–water partition coefficient (Wildman–Crippen LogP) is 3.31. The van der Waals surface area contributed by atoms with Gasteiger partial charge in [-0.25, -0.2) is 9.29 Å². The number of amides is 1. The minimum atomic E-state index is -0.101. The first-order chi connectivity index (χ1) is 12.7. The SMILES string of the molecule is COc1cc2nc(C(C)(C)C)n(C)c2cc1NC(=O)SN1CCN(C)CC1. The van der Waals surface area contributed by atoms with E-state index in [1.54, 1.807) is 7.11 Å². The van der Waals surface area contributed by atoms with E-state index in [-0.39, 0.29) is 10.7 Å². The summed E-state index contributed by atoms with van der Waals surface area (Å²) < 4.78 is 9.68. The summed E-state index contributed by atoms with van der Waals surface area (Å²) >= 11 is 1.23. The van der Waals surface area contributed by atoms with Gasteiger partial charge < -0.3 is 19.5 Å². The number of hydrogen-bond donors (Lipinski definition) is 1. The zero-order valence-corrected chi connectivity index (χ0v) is 17.8. The van der Waals surface area contributed by atoms with E-state index in [4.69, 9.17) is 9.72 Å². The van der Waals surface area contributed by atoms with E-state index in [1.807, 2.05) is 19.2 Å². The monoisotopic (exact) mass is 391 g/mol. The van der Waals surface area contributed by atoms with Gasteiger partial charge in [0.25, 0.3) is 5.24 Å². The van der Waals surface area contributed by atoms with Crippen molar-refractivity contribution >= 4 is 33.9 Å². The number of benzene rings is 1. The second kappa shape index (κ2) is 7.69. The Hall–Kier alpha value is -1.77. The van der Waals surface area contributed by atoms with Crippen molar-refractivity contribution in [3.05, 3.63) is 18.0 Å². The quantitative estimate of drug-likeness (QED) is 0.810. The maximum Gasteiger partial charge on any atom is 0.298 e. The normalized spacial score (nSPS) is 16.7. The Bertz CT molecular complexity index is 835. The highest BCUT2D eigenvalue weighted by molar-refractivity contribution is 8.11. The van der Waals surface area contributed by atoms with Gasteiger partial charge in [0.1, 0.15) is 11.6 Å². The number of nitrogens with one attached hydrogen (secondary N) is 1. The molecular weight excluding hydrogens is 362 g/mol. The molecule has 1 aliphatic rings. The van der Waals surface area contributed by atoms with Crippen LogP contribution in [0.1, 0.15) is 26.6 Å². The average molecular weight is 392 g/mol. The number of ether oxygens (including phenoxy) is 1. The molecule has 8 heteroatoms. The topological polar surface area (TPSA) is 62.6 Å². The van der Waals surface area contributed by atoms with Gasteiger partial charge in [0.2, 0.25) is 0 Å². The van der Waals surface area contributed by atoms with Crippen molar-refractivity contribution in [1.29, 1.82) is 0 Å². The number of nitrogens with zero attached hydrogens (tertiary/aromatic N) is 4. The van der Waals surface area contributed by atoms with E-state index < -0.39 is 0 Å². The van der Waals surface area contributed by atoms with Crippen LogP contribution in [0.4, 0.5) is 10.5 Å². The maximum absolute atomic E-state index is 12.5. The molecule has 1 amide bonds. The van der Waals surface area contributed by atoms with Gasteiger partial charge in [-0.3, -0.25) is 4.79 Å². The molecule has 0 aliphatic carbocycles. The lowest BCUT2D eigenvalue weighted by Crippen LogP contribution is -2.41. The lowest BCUT2D eigenvalue weighted by atomic mass is 9.96. The lowest BCUT2D eigenvalue weighted by Gasteiger charge is -2.30. The first-order valence-electron chi connectivity index (χ1n) is 9.16. The van der Waals surface area contributed by atoms with Gasteiger partial charge in [-0.2, -0.15) is 0 Å². The van der Waals surface area contributed by atoms with E-state index in [0.29, 0.717) is 11.4 Å². The predicted molar refractivity (Wildman–Crippen MR) is 112 cm³/mol. The molecule has 1 N–H and O–H groups in total. The molecule has 1 aromatic heterocycles. The Morgan fingerprint density at radius 3 is 2.44 bits per heavy atom. The van der Waals surface area contributed by atoms with Gasteiger partial charge in [0, 0.05) is 56.7 Å². The fraction of sp³-hybridized carbons (Fsp3) is 0.579. The van der Waals surface area contributed by atoms with Crippen molar-refractivity contribution in [1.82, 2.24) is 18.8 Å². The summed E-state index contributed by atoms with van der Waals surface area (Å²) in [6.07, 6.45) is 0. The Labute approximate surface area is 165 Å². The summed E-state index contributed by atoms with van der Waals surface area (Å²) in [6.45, 7) is 10.1. The smallest absolute Gasteiger partial charge is 0.298 e. The summed E-state index contributed by atoms with van der Waals surface area (Å²) in [5, 5.41) is 2.89. The number of aryl methyl sites for hydroxylation is 1. The first-order valence-corrected chi connectivity index (χ1v) is 9.94. The molecule has 2 aromatic rings. The molecule has 0 atom stereocenters. The molecule has 3 rings (SSSR count). The van der Waals surface area contributed by atoms with E-state index in [0.717, 1.165) is 43.0 Å². The number of methoxy groups -OCH3 is 1. The Balaban J connectivity index is 1.82. The molecule has 2 heterocycles. The molecule has 1 saturated heterocycles. The number of likely N-dealkylation sites (N-methyl/N-ethyl adjacent to an activating group) is 1. The molecular formula is C19H29N5O2S. The van der Waals surface area contributed by atoms with Crippen molar-refractivity contribution in [3.8, 4) is 5.75 Å². The maximum atomic E-state index is 12.5.